The zero-order chi connectivity index (χ0) is 20.4. The number of benzene rings is 2. The van der Waals surface area contributed by atoms with Gasteiger partial charge in [0, 0.05) is 28.6 Å². The maximum Gasteiger partial charge on any atom is 0.322 e. The third kappa shape index (κ3) is 4.08. The number of urea groups is 1. The largest absolute Gasteiger partial charge is 0.322 e. The molecule has 1 aromatic heterocycles. The van der Waals surface area contributed by atoms with Crippen LogP contribution in [0.15, 0.2) is 53.9 Å². The van der Waals surface area contributed by atoms with Crippen LogP contribution in [0.5, 0.6) is 0 Å². The van der Waals surface area contributed by atoms with Crippen molar-refractivity contribution in [2.45, 2.75) is 18.9 Å². The molecule has 1 aliphatic rings. The van der Waals surface area contributed by atoms with Gasteiger partial charge in [-0.25, -0.2) is 9.78 Å². The molecule has 148 valence electrons. The second kappa shape index (κ2) is 8.18. The van der Waals surface area contributed by atoms with E-state index in [1.807, 2.05) is 35.7 Å². The molecule has 0 bridgehead atoms. The predicted molar refractivity (Wildman–Crippen MR) is 113 cm³/mol. The first-order valence-corrected chi connectivity index (χ1v) is 10.3. The predicted octanol–water partition coefficient (Wildman–Crippen LogP) is 5.74. The first kappa shape index (κ1) is 19.4. The van der Waals surface area contributed by atoms with Crippen LogP contribution in [0, 0.1) is 10.1 Å². The number of amides is 2. The van der Waals surface area contributed by atoms with E-state index in [4.69, 9.17) is 16.6 Å². The SMILES string of the molecule is O=C(Nc1ccc(Cl)cc1[N+](=O)[O-])N1CCC[C@H]1c1nc(-c2ccccc2)cs1. The van der Waals surface area contributed by atoms with Crippen LogP contribution in [-0.4, -0.2) is 27.4 Å². The molecule has 2 aromatic carbocycles. The Labute approximate surface area is 176 Å². The van der Waals surface area contributed by atoms with Crippen LogP contribution in [0.25, 0.3) is 11.3 Å². The van der Waals surface area contributed by atoms with Crippen molar-refractivity contribution in [3.63, 3.8) is 0 Å². The van der Waals surface area contributed by atoms with Gasteiger partial charge >= 0.3 is 6.03 Å². The van der Waals surface area contributed by atoms with Crippen molar-refractivity contribution in [2.75, 3.05) is 11.9 Å². The summed E-state index contributed by atoms with van der Waals surface area (Å²) in [5.41, 5.74) is 1.80. The highest BCUT2D eigenvalue weighted by molar-refractivity contribution is 7.10. The van der Waals surface area contributed by atoms with Crippen LogP contribution >= 0.6 is 22.9 Å². The fraction of sp³-hybridized carbons (Fsp3) is 0.200. The lowest BCUT2D eigenvalue weighted by Gasteiger charge is -2.23. The molecule has 1 atom stereocenters. The molecule has 0 aliphatic carbocycles. The molecule has 1 N–H and O–H groups in total. The van der Waals surface area contributed by atoms with Crippen LogP contribution < -0.4 is 5.32 Å². The summed E-state index contributed by atoms with van der Waals surface area (Å²) in [6, 6.07) is 13.5. The molecule has 1 saturated heterocycles. The topological polar surface area (TPSA) is 88.4 Å². The van der Waals surface area contributed by atoms with Crippen LogP contribution in [0.3, 0.4) is 0 Å². The summed E-state index contributed by atoms with van der Waals surface area (Å²) in [5.74, 6) is 0. The van der Waals surface area contributed by atoms with Crippen LogP contribution in [0.1, 0.15) is 23.9 Å². The van der Waals surface area contributed by atoms with Gasteiger partial charge in [0.15, 0.2) is 0 Å². The first-order chi connectivity index (χ1) is 14.0. The summed E-state index contributed by atoms with van der Waals surface area (Å²) in [7, 11) is 0. The number of halogens is 1. The average molecular weight is 429 g/mol. The highest BCUT2D eigenvalue weighted by atomic mass is 35.5. The van der Waals surface area contributed by atoms with Crippen LogP contribution in [0.4, 0.5) is 16.2 Å². The molecule has 0 spiro atoms. The number of hydrogen-bond donors (Lipinski definition) is 1. The molecule has 1 aliphatic heterocycles. The molecule has 4 rings (SSSR count). The summed E-state index contributed by atoms with van der Waals surface area (Å²) >= 11 is 7.37. The minimum absolute atomic E-state index is 0.124. The maximum atomic E-state index is 12.9. The van der Waals surface area contributed by atoms with E-state index in [0.717, 1.165) is 29.1 Å². The molecule has 0 unspecified atom stereocenters. The van der Waals surface area contributed by atoms with Gasteiger partial charge < -0.3 is 10.2 Å². The molecule has 0 saturated carbocycles. The zero-order valence-corrected chi connectivity index (χ0v) is 16.8. The fourth-order valence-electron chi connectivity index (χ4n) is 3.40. The third-order valence-corrected chi connectivity index (χ3v) is 5.97. The highest BCUT2D eigenvalue weighted by Crippen LogP contribution is 2.36. The Kier molecular flexibility index (Phi) is 5.46. The number of rotatable bonds is 4. The van der Waals surface area contributed by atoms with Gasteiger partial charge in [-0.15, -0.1) is 11.3 Å². The lowest BCUT2D eigenvalue weighted by atomic mass is 10.2. The van der Waals surface area contributed by atoms with Gasteiger partial charge in [0.25, 0.3) is 5.69 Å². The Bertz CT molecular complexity index is 1060. The molecule has 2 heterocycles. The van der Waals surface area contributed by atoms with E-state index >= 15 is 0 Å². The molecule has 2 amide bonds. The number of carbonyl (C=O) groups excluding carboxylic acids is 1. The lowest BCUT2D eigenvalue weighted by molar-refractivity contribution is -0.383. The van der Waals surface area contributed by atoms with Gasteiger partial charge in [0.05, 0.1) is 16.7 Å². The molecule has 7 nitrogen and oxygen atoms in total. The number of nitro groups is 1. The van der Waals surface area contributed by atoms with Gasteiger partial charge in [-0.3, -0.25) is 10.1 Å². The Morgan fingerprint density at radius 3 is 2.83 bits per heavy atom. The van der Waals surface area contributed by atoms with Gasteiger partial charge in [0.2, 0.25) is 0 Å². The summed E-state index contributed by atoms with van der Waals surface area (Å²) < 4.78 is 0. The minimum atomic E-state index is -0.560. The summed E-state index contributed by atoms with van der Waals surface area (Å²) in [6.07, 6.45) is 1.65. The standard InChI is InChI=1S/C20H17ClN4O3S/c21-14-8-9-15(18(11-14)25(27)28)23-20(26)24-10-4-7-17(24)19-22-16(12-29-19)13-5-2-1-3-6-13/h1-3,5-6,8-9,11-12,17H,4,7,10H2,(H,23,26)/t17-/m0/s1. The zero-order valence-electron chi connectivity index (χ0n) is 15.2. The second-order valence-electron chi connectivity index (χ2n) is 6.64. The minimum Gasteiger partial charge on any atom is -0.315 e. The lowest BCUT2D eigenvalue weighted by Crippen LogP contribution is -2.34. The number of thiazole rings is 1. The maximum absolute atomic E-state index is 12.9. The van der Waals surface area contributed by atoms with Gasteiger partial charge in [-0.05, 0) is 25.0 Å². The average Bonchev–Trinajstić information content (AvgIpc) is 3.39. The highest BCUT2D eigenvalue weighted by Gasteiger charge is 2.33. The monoisotopic (exact) mass is 428 g/mol. The van der Waals surface area contributed by atoms with Crippen molar-refractivity contribution in [1.82, 2.24) is 9.88 Å². The number of nitrogens with zero attached hydrogens (tertiary/aromatic N) is 3. The number of nitrogens with one attached hydrogen (secondary N) is 1. The third-order valence-electron chi connectivity index (χ3n) is 4.79. The first-order valence-electron chi connectivity index (χ1n) is 9.05. The van der Waals surface area contributed by atoms with Crippen molar-refractivity contribution in [3.8, 4) is 11.3 Å². The Hall–Kier alpha value is -2.97. The van der Waals surface area contributed by atoms with Gasteiger partial charge in [-0.1, -0.05) is 41.9 Å². The quantitative estimate of drug-likeness (QED) is 0.423. The van der Waals surface area contributed by atoms with Crippen molar-refractivity contribution >= 4 is 40.3 Å². The van der Waals surface area contributed by atoms with E-state index in [9.17, 15) is 14.9 Å². The fourth-order valence-corrected chi connectivity index (χ4v) is 4.54. The van der Waals surface area contributed by atoms with Crippen molar-refractivity contribution in [1.29, 1.82) is 0 Å². The van der Waals surface area contributed by atoms with Gasteiger partial charge in [-0.2, -0.15) is 0 Å². The summed E-state index contributed by atoms with van der Waals surface area (Å²) in [4.78, 5) is 30.0. The van der Waals surface area contributed by atoms with Crippen molar-refractivity contribution < 1.29 is 9.72 Å². The number of carbonyl (C=O) groups is 1. The van der Waals surface area contributed by atoms with Crippen molar-refractivity contribution in [2.24, 2.45) is 0 Å². The number of hydrogen-bond acceptors (Lipinski definition) is 5. The molecule has 1 fully saturated rings. The Balaban J connectivity index is 1.54. The molecular formula is C20H17ClN4O3S. The van der Waals surface area contributed by atoms with Gasteiger partial charge in [0.1, 0.15) is 10.7 Å². The normalized spacial score (nSPS) is 16.0. The van der Waals surface area contributed by atoms with E-state index in [2.05, 4.69) is 5.32 Å². The Morgan fingerprint density at radius 1 is 1.28 bits per heavy atom. The second-order valence-corrected chi connectivity index (χ2v) is 7.96. The molecular weight excluding hydrogens is 412 g/mol. The number of nitro benzene ring substituents is 1. The van der Waals surface area contributed by atoms with Crippen LogP contribution in [0.2, 0.25) is 5.02 Å². The smallest absolute Gasteiger partial charge is 0.315 e. The van der Waals surface area contributed by atoms with E-state index in [1.54, 1.807) is 4.90 Å². The Morgan fingerprint density at radius 2 is 2.07 bits per heavy atom. The summed E-state index contributed by atoms with van der Waals surface area (Å²) in [5, 5.41) is 17.0. The van der Waals surface area contributed by atoms with E-state index in [0.29, 0.717) is 6.54 Å². The van der Waals surface area contributed by atoms with E-state index in [-0.39, 0.29) is 28.5 Å². The van der Waals surface area contributed by atoms with Crippen LogP contribution in [-0.2, 0) is 0 Å². The molecule has 3 aromatic rings. The summed E-state index contributed by atoms with van der Waals surface area (Å²) in [6.45, 7) is 0.568. The van der Waals surface area contributed by atoms with E-state index in [1.165, 1.54) is 29.5 Å². The molecule has 29 heavy (non-hydrogen) atoms. The number of likely N-dealkylation sites (tertiary alicyclic amines) is 1. The number of aromatic nitrogens is 1. The number of anilines is 1. The molecule has 0 radical (unpaired) electrons. The molecule has 9 heteroatoms. The van der Waals surface area contributed by atoms with E-state index < -0.39 is 4.92 Å². The van der Waals surface area contributed by atoms with Crippen molar-refractivity contribution in [3.05, 3.63) is 74.1 Å².